The first-order chi connectivity index (χ1) is 16.5. The number of methoxy groups -OCH3 is 1. The number of halogens is 1. The first-order valence-corrected chi connectivity index (χ1v) is 12.8. The third kappa shape index (κ3) is 4.84. The third-order valence-corrected chi connectivity index (χ3v) is 7.85. The van der Waals surface area contributed by atoms with Crippen LogP contribution in [0, 0.1) is 0 Å². The molecule has 1 atom stereocenters. The van der Waals surface area contributed by atoms with E-state index in [-0.39, 0.29) is 36.9 Å². The molecule has 1 aliphatic carbocycles. The van der Waals surface area contributed by atoms with Crippen LogP contribution in [-0.4, -0.2) is 47.9 Å². The molecule has 0 spiro atoms. The lowest BCUT2D eigenvalue weighted by atomic mass is 9.93. The Bertz CT molecular complexity index is 1170. The highest BCUT2D eigenvalue weighted by Crippen LogP contribution is 2.38. The smallest absolute Gasteiger partial charge is 0.243 e. The SMILES string of the molecule is COc1ccc(CC(=O)N(CC(=O)N2CCc3sccc3C2c2ccc(Cl)cc2)C2CC2)cc1. The van der Waals surface area contributed by atoms with Crippen molar-refractivity contribution < 1.29 is 14.3 Å². The van der Waals surface area contributed by atoms with Gasteiger partial charge in [0.15, 0.2) is 0 Å². The van der Waals surface area contributed by atoms with Gasteiger partial charge in [0.1, 0.15) is 12.3 Å². The summed E-state index contributed by atoms with van der Waals surface area (Å²) in [4.78, 5) is 31.9. The van der Waals surface area contributed by atoms with Crippen molar-refractivity contribution in [2.45, 2.75) is 37.8 Å². The molecule has 0 radical (unpaired) electrons. The van der Waals surface area contributed by atoms with E-state index in [1.807, 2.05) is 53.4 Å². The molecule has 2 aliphatic rings. The van der Waals surface area contributed by atoms with Crippen molar-refractivity contribution in [2.24, 2.45) is 0 Å². The average Bonchev–Trinajstić information content (AvgIpc) is 3.58. The molecular formula is C27H27ClN2O3S. The molecule has 5 nitrogen and oxygen atoms in total. The van der Waals surface area contributed by atoms with E-state index in [9.17, 15) is 9.59 Å². The molecule has 34 heavy (non-hydrogen) atoms. The quantitative estimate of drug-likeness (QED) is 0.458. The van der Waals surface area contributed by atoms with Gasteiger partial charge in [-0.25, -0.2) is 0 Å². The predicted molar refractivity (Wildman–Crippen MR) is 134 cm³/mol. The summed E-state index contributed by atoms with van der Waals surface area (Å²) in [7, 11) is 1.62. The zero-order valence-corrected chi connectivity index (χ0v) is 20.6. The van der Waals surface area contributed by atoms with E-state index in [1.165, 1.54) is 10.4 Å². The summed E-state index contributed by atoms with van der Waals surface area (Å²) in [6.45, 7) is 0.758. The number of hydrogen-bond donors (Lipinski definition) is 0. The van der Waals surface area contributed by atoms with E-state index >= 15 is 0 Å². The summed E-state index contributed by atoms with van der Waals surface area (Å²) in [5.74, 6) is 0.751. The van der Waals surface area contributed by atoms with Crippen LogP contribution in [0.25, 0.3) is 0 Å². The van der Waals surface area contributed by atoms with Crippen molar-refractivity contribution in [2.75, 3.05) is 20.2 Å². The number of carbonyl (C=O) groups is 2. The van der Waals surface area contributed by atoms with Gasteiger partial charge in [-0.15, -0.1) is 11.3 Å². The fourth-order valence-electron chi connectivity index (χ4n) is 4.65. The Hall–Kier alpha value is -2.83. The molecule has 5 rings (SSSR count). The van der Waals surface area contributed by atoms with E-state index in [4.69, 9.17) is 16.3 Å². The number of carbonyl (C=O) groups excluding carboxylic acids is 2. The van der Waals surface area contributed by atoms with Gasteiger partial charge in [-0.3, -0.25) is 9.59 Å². The molecule has 2 heterocycles. The van der Waals surface area contributed by atoms with Gasteiger partial charge in [0.25, 0.3) is 0 Å². The molecule has 1 aromatic heterocycles. The summed E-state index contributed by atoms with van der Waals surface area (Å²) in [6, 6.07) is 17.4. The number of rotatable bonds is 7. The lowest BCUT2D eigenvalue weighted by Crippen LogP contribution is -2.47. The van der Waals surface area contributed by atoms with Gasteiger partial charge in [-0.2, -0.15) is 0 Å². The maximum atomic E-state index is 13.7. The highest BCUT2D eigenvalue weighted by atomic mass is 35.5. The molecule has 2 aromatic carbocycles. The van der Waals surface area contributed by atoms with Crippen molar-refractivity contribution >= 4 is 34.8 Å². The molecular weight excluding hydrogens is 468 g/mol. The highest BCUT2D eigenvalue weighted by Gasteiger charge is 2.38. The van der Waals surface area contributed by atoms with Crippen molar-refractivity contribution in [1.29, 1.82) is 0 Å². The van der Waals surface area contributed by atoms with Gasteiger partial charge >= 0.3 is 0 Å². The average molecular weight is 495 g/mol. The van der Waals surface area contributed by atoms with Gasteiger partial charge in [0, 0.05) is 22.5 Å². The summed E-state index contributed by atoms with van der Waals surface area (Å²) < 4.78 is 5.21. The van der Waals surface area contributed by atoms with Crippen LogP contribution in [0.2, 0.25) is 5.02 Å². The zero-order chi connectivity index (χ0) is 23.7. The van der Waals surface area contributed by atoms with E-state index < -0.39 is 0 Å². The Balaban J connectivity index is 1.35. The Morgan fingerprint density at radius 2 is 1.82 bits per heavy atom. The summed E-state index contributed by atoms with van der Waals surface area (Å²) >= 11 is 7.87. The molecule has 176 valence electrons. The Kier molecular flexibility index (Phi) is 6.61. The normalized spacial score (nSPS) is 17.2. The Morgan fingerprint density at radius 1 is 1.09 bits per heavy atom. The van der Waals surface area contributed by atoms with Crippen LogP contribution >= 0.6 is 22.9 Å². The molecule has 1 saturated carbocycles. The molecule has 1 fully saturated rings. The summed E-state index contributed by atoms with van der Waals surface area (Å²) in [5, 5.41) is 2.77. The molecule has 0 bridgehead atoms. The van der Waals surface area contributed by atoms with Crippen molar-refractivity contribution in [1.82, 2.24) is 9.80 Å². The largest absolute Gasteiger partial charge is 0.497 e. The minimum Gasteiger partial charge on any atom is -0.497 e. The van der Waals surface area contributed by atoms with Crippen LogP contribution in [0.3, 0.4) is 0 Å². The van der Waals surface area contributed by atoms with Crippen LogP contribution < -0.4 is 4.74 Å². The lowest BCUT2D eigenvalue weighted by Gasteiger charge is -2.37. The number of thiophene rings is 1. The highest BCUT2D eigenvalue weighted by molar-refractivity contribution is 7.10. The van der Waals surface area contributed by atoms with Crippen LogP contribution in [0.4, 0.5) is 0 Å². The molecule has 0 N–H and O–H groups in total. The van der Waals surface area contributed by atoms with Gasteiger partial charge in [-0.1, -0.05) is 35.9 Å². The summed E-state index contributed by atoms with van der Waals surface area (Å²) in [6.07, 6.45) is 3.03. The fourth-order valence-corrected chi connectivity index (χ4v) is 5.68. The number of hydrogen-bond acceptors (Lipinski definition) is 4. The lowest BCUT2D eigenvalue weighted by molar-refractivity contribution is -0.142. The van der Waals surface area contributed by atoms with Gasteiger partial charge in [0.2, 0.25) is 11.8 Å². The maximum absolute atomic E-state index is 13.7. The zero-order valence-electron chi connectivity index (χ0n) is 19.1. The fraction of sp³-hybridized carbons (Fsp3) is 0.333. The van der Waals surface area contributed by atoms with Crippen LogP contribution in [-0.2, 0) is 22.4 Å². The minimum atomic E-state index is -0.155. The van der Waals surface area contributed by atoms with Crippen molar-refractivity contribution in [3.63, 3.8) is 0 Å². The van der Waals surface area contributed by atoms with Gasteiger partial charge in [0.05, 0.1) is 19.6 Å². The summed E-state index contributed by atoms with van der Waals surface area (Å²) in [5.41, 5.74) is 3.14. The van der Waals surface area contributed by atoms with Crippen LogP contribution in [0.15, 0.2) is 60.0 Å². The van der Waals surface area contributed by atoms with E-state index in [1.54, 1.807) is 23.3 Å². The van der Waals surface area contributed by atoms with E-state index in [0.29, 0.717) is 11.6 Å². The Labute approximate surface area is 208 Å². The van der Waals surface area contributed by atoms with E-state index in [2.05, 4.69) is 11.4 Å². The van der Waals surface area contributed by atoms with Gasteiger partial charge in [-0.05, 0) is 71.7 Å². The number of amides is 2. The first kappa shape index (κ1) is 22.9. The van der Waals surface area contributed by atoms with E-state index in [0.717, 1.165) is 36.1 Å². The molecule has 0 saturated heterocycles. The van der Waals surface area contributed by atoms with Gasteiger partial charge < -0.3 is 14.5 Å². The third-order valence-electron chi connectivity index (χ3n) is 6.60. The maximum Gasteiger partial charge on any atom is 0.243 e. The predicted octanol–water partition coefficient (Wildman–Crippen LogP) is 5.12. The second-order valence-corrected chi connectivity index (χ2v) is 10.3. The monoisotopic (exact) mass is 494 g/mol. The molecule has 1 aliphatic heterocycles. The molecule has 7 heteroatoms. The van der Waals surface area contributed by atoms with Crippen molar-refractivity contribution in [3.8, 4) is 5.75 Å². The minimum absolute atomic E-state index is 0.00251. The van der Waals surface area contributed by atoms with Crippen molar-refractivity contribution in [3.05, 3.63) is 86.6 Å². The molecule has 1 unspecified atom stereocenters. The van der Waals surface area contributed by atoms with Crippen LogP contribution in [0.1, 0.15) is 40.5 Å². The first-order valence-electron chi connectivity index (χ1n) is 11.6. The number of ether oxygens (including phenoxy) is 1. The van der Waals surface area contributed by atoms with Crippen LogP contribution in [0.5, 0.6) is 5.75 Å². The number of nitrogens with zero attached hydrogens (tertiary/aromatic N) is 2. The second-order valence-electron chi connectivity index (χ2n) is 8.87. The number of benzene rings is 2. The number of fused-ring (bicyclic) bond motifs is 1. The molecule has 2 amide bonds. The standard InChI is InChI=1S/C27H27ClN2O3S/c1-33-22-10-2-18(3-11-22)16-25(31)30(21-8-9-21)17-26(32)29-14-12-24-23(13-15-34-24)27(29)19-4-6-20(28)7-5-19/h2-7,10-11,13,15,21,27H,8-9,12,14,16-17H2,1H3. The Morgan fingerprint density at radius 3 is 2.50 bits per heavy atom. The second kappa shape index (κ2) is 9.80. The molecule has 3 aromatic rings. The topological polar surface area (TPSA) is 49.9 Å².